The Morgan fingerprint density at radius 2 is 2.04 bits per heavy atom. The standard InChI is InChI=1S/C17H26N6OS/c1-13(2)23-15(5-6-19-23)20-16(24)14(3)21-8-4-9-22(11-10-21)17-18-7-12-25-17/h5-7,12-14H,4,8-11H2,1-3H3,(H,20,24)/t14-/m1/s1. The van der Waals surface area contributed by atoms with Gasteiger partial charge in [0.25, 0.3) is 0 Å². The van der Waals surface area contributed by atoms with Crippen LogP contribution in [0.15, 0.2) is 23.8 Å². The van der Waals surface area contributed by atoms with Gasteiger partial charge >= 0.3 is 0 Å². The molecule has 1 fully saturated rings. The van der Waals surface area contributed by atoms with Crippen LogP contribution in [0.4, 0.5) is 10.9 Å². The van der Waals surface area contributed by atoms with Crippen LogP contribution >= 0.6 is 11.3 Å². The fourth-order valence-electron chi connectivity index (χ4n) is 3.11. The molecule has 136 valence electrons. The summed E-state index contributed by atoms with van der Waals surface area (Å²) in [5.74, 6) is 0.774. The fraction of sp³-hybridized carbons (Fsp3) is 0.588. The van der Waals surface area contributed by atoms with E-state index in [1.54, 1.807) is 17.5 Å². The molecule has 0 aliphatic carbocycles. The van der Waals surface area contributed by atoms with Crippen molar-refractivity contribution in [3.63, 3.8) is 0 Å². The van der Waals surface area contributed by atoms with Crippen molar-refractivity contribution in [2.45, 2.75) is 39.3 Å². The van der Waals surface area contributed by atoms with Crippen LogP contribution < -0.4 is 10.2 Å². The SMILES string of the molecule is CC(C)n1nccc1NC(=O)[C@@H](C)N1CCCN(c2nccs2)CC1. The Morgan fingerprint density at radius 1 is 1.20 bits per heavy atom. The summed E-state index contributed by atoms with van der Waals surface area (Å²) in [4.78, 5) is 21.6. The minimum atomic E-state index is -0.174. The summed E-state index contributed by atoms with van der Waals surface area (Å²) in [6, 6.07) is 1.88. The number of rotatable bonds is 5. The molecule has 1 saturated heterocycles. The Hall–Kier alpha value is -1.93. The molecule has 0 unspecified atom stereocenters. The number of thiazole rings is 1. The first kappa shape index (κ1) is 17.9. The lowest BCUT2D eigenvalue weighted by Gasteiger charge is -2.27. The third-order valence-corrected chi connectivity index (χ3v) is 5.39. The van der Waals surface area contributed by atoms with E-state index in [2.05, 4.69) is 25.2 Å². The van der Waals surface area contributed by atoms with Crippen molar-refractivity contribution in [2.75, 3.05) is 36.4 Å². The molecule has 1 atom stereocenters. The van der Waals surface area contributed by atoms with E-state index in [1.807, 2.05) is 43.1 Å². The Morgan fingerprint density at radius 3 is 2.76 bits per heavy atom. The summed E-state index contributed by atoms with van der Waals surface area (Å²) in [5, 5.41) is 10.4. The summed E-state index contributed by atoms with van der Waals surface area (Å²) < 4.78 is 1.83. The van der Waals surface area contributed by atoms with Gasteiger partial charge < -0.3 is 10.2 Å². The molecule has 0 saturated carbocycles. The van der Waals surface area contributed by atoms with E-state index in [9.17, 15) is 4.79 Å². The first-order valence-electron chi connectivity index (χ1n) is 8.79. The van der Waals surface area contributed by atoms with Gasteiger partial charge in [-0.1, -0.05) is 0 Å². The van der Waals surface area contributed by atoms with Crippen LogP contribution in [0, 0.1) is 0 Å². The predicted molar refractivity (Wildman–Crippen MR) is 101 cm³/mol. The van der Waals surface area contributed by atoms with Gasteiger partial charge in [0.05, 0.1) is 12.2 Å². The van der Waals surface area contributed by atoms with Gasteiger partial charge in [-0.05, 0) is 27.2 Å². The summed E-state index contributed by atoms with van der Waals surface area (Å²) in [6.45, 7) is 9.73. The molecular formula is C17H26N6OS. The molecule has 1 amide bonds. The molecule has 3 heterocycles. The van der Waals surface area contributed by atoms with Crippen molar-refractivity contribution in [1.82, 2.24) is 19.7 Å². The van der Waals surface area contributed by atoms with Crippen LogP contribution in [-0.2, 0) is 4.79 Å². The number of nitrogens with one attached hydrogen (secondary N) is 1. The lowest BCUT2D eigenvalue weighted by molar-refractivity contribution is -0.120. The summed E-state index contributed by atoms with van der Waals surface area (Å²) in [5.41, 5.74) is 0. The largest absolute Gasteiger partial charge is 0.347 e. The van der Waals surface area contributed by atoms with Crippen molar-refractivity contribution >= 4 is 28.2 Å². The second kappa shape index (κ2) is 7.97. The number of hydrogen-bond acceptors (Lipinski definition) is 6. The molecule has 1 aliphatic rings. The average molecular weight is 363 g/mol. The minimum absolute atomic E-state index is 0.0186. The number of carbonyl (C=O) groups is 1. The van der Waals surface area contributed by atoms with E-state index in [4.69, 9.17) is 0 Å². The molecule has 2 aromatic heterocycles. The lowest BCUT2D eigenvalue weighted by atomic mass is 10.2. The highest BCUT2D eigenvalue weighted by atomic mass is 32.1. The van der Waals surface area contributed by atoms with Crippen molar-refractivity contribution in [1.29, 1.82) is 0 Å². The van der Waals surface area contributed by atoms with Crippen LogP contribution in [0.25, 0.3) is 0 Å². The van der Waals surface area contributed by atoms with Crippen molar-refractivity contribution in [2.24, 2.45) is 0 Å². The van der Waals surface area contributed by atoms with E-state index in [-0.39, 0.29) is 18.0 Å². The van der Waals surface area contributed by atoms with Crippen LogP contribution in [0.1, 0.15) is 33.2 Å². The van der Waals surface area contributed by atoms with Crippen LogP contribution in [0.5, 0.6) is 0 Å². The second-order valence-electron chi connectivity index (χ2n) is 6.61. The minimum Gasteiger partial charge on any atom is -0.347 e. The zero-order valence-electron chi connectivity index (χ0n) is 15.1. The number of carbonyl (C=O) groups excluding carboxylic acids is 1. The number of anilines is 2. The van der Waals surface area contributed by atoms with E-state index >= 15 is 0 Å². The molecule has 1 aliphatic heterocycles. The zero-order chi connectivity index (χ0) is 17.8. The number of nitrogens with zero attached hydrogens (tertiary/aromatic N) is 5. The van der Waals surface area contributed by atoms with Crippen LogP contribution in [-0.4, -0.2) is 57.8 Å². The summed E-state index contributed by atoms with van der Waals surface area (Å²) in [6.07, 6.45) is 4.59. The molecule has 25 heavy (non-hydrogen) atoms. The normalized spacial score (nSPS) is 17.5. The van der Waals surface area contributed by atoms with E-state index in [1.165, 1.54) is 0 Å². The van der Waals surface area contributed by atoms with Crippen molar-refractivity contribution < 1.29 is 4.79 Å². The number of hydrogen-bond donors (Lipinski definition) is 1. The third-order valence-electron chi connectivity index (χ3n) is 4.56. The van der Waals surface area contributed by atoms with Gasteiger partial charge in [-0.2, -0.15) is 5.10 Å². The predicted octanol–water partition coefficient (Wildman–Crippen LogP) is 2.46. The van der Waals surface area contributed by atoms with Gasteiger partial charge in [0.15, 0.2) is 5.13 Å². The maximum atomic E-state index is 12.7. The first-order chi connectivity index (χ1) is 12.1. The molecule has 7 nitrogen and oxygen atoms in total. The van der Waals surface area contributed by atoms with Crippen LogP contribution in [0.3, 0.4) is 0 Å². The first-order valence-corrected chi connectivity index (χ1v) is 9.67. The molecule has 3 rings (SSSR count). The molecule has 0 bridgehead atoms. The Bertz CT molecular complexity index is 683. The topological polar surface area (TPSA) is 66.3 Å². The highest BCUT2D eigenvalue weighted by molar-refractivity contribution is 7.13. The number of aromatic nitrogens is 3. The van der Waals surface area contributed by atoms with Gasteiger partial charge in [-0.15, -0.1) is 11.3 Å². The van der Waals surface area contributed by atoms with Gasteiger partial charge in [0, 0.05) is 49.9 Å². The van der Waals surface area contributed by atoms with E-state index < -0.39 is 0 Å². The molecule has 0 radical (unpaired) electrons. The Balaban J connectivity index is 1.59. The molecular weight excluding hydrogens is 336 g/mol. The van der Waals surface area contributed by atoms with E-state index in [0.29, 0.717) is 0 Å². The van der Waals surface area contributed by atoms with Crippen molar-refractivity contribution in [3.05, 3.63) is 23.8 Å². The van der Waals surface area contributed by atoms with Crippen LogP contribution in [0.2, 0.25) is 0 Å². The highest BCUT2D eigenvalue weighted by Gasteiger charge is 2.25. The summed E-state index contributed by atoms with van der Waals surface area (Å²) >= 11 is 1.67. The number of amides is 1. The second-order valence-corrected chi connectivity index (χ2v) is 7.48. The van der Waals surface area contributed by atoms with Gasteiger partial charge in [-0.25, -0.2) is 9.67 Å². The van der Waals surface area contributed by atoms with Gasteiger partial charge in [0.1, 0.15) is 5.82 Å². The highest BCUT2D eigenvalue weighted by Crippen LogP contribution is 2.20. The quantitative estimate of drug-likeness (QED) is 0.885. The Labute approximate surface area is 152 Å². The molecule has 2 aromatic rings. The lowest BCUT2D eigenvalue weighted by Crippen LogP contribution is -2.44. The molecule has 0 aromatic carbocycles. The maximum absolute atomic E-state index is 12.7. The molecule has 8 heteroatoms. The molecule has 0 spiro atoms. The maximum Gasteiger partial charge on any atom is 0.242 e. The van der Waals surface area contributed by atoms with E-state index in [0.717, 1.165) is 43.5 Å². The summed E-state index contributed by atoms with van der Waals surface area (Å²) in [7, 11) is 0. The smallest absolute Gasteiger partial charge is 0.242 e. The fourth-order valence-corrected chi connectivity index (χ4v) is 3.81. The van der Waals surface area contributed by atoms with Crippen molar-refractivity contribution in [3.8, 4) is 0 Å². The monoisotopic (exact) mass is 362 g/mol. The zero-order valence-corrected chi connectivity index (χ0v) is 15.9. The van der Waals surface area contributed by atoms with Gasteiger partial charge in [0.2, 0.25) is 5.91 Å². The average Bonchev–Trinajstić information content (AvgIpc) is 3.22. The Kier molecular flexibility index (Phi) is 5.70. The molecule has 1 N–H and O–H groups in total. The third kappa shape index (κ3) is 4.19. The van der Waals surface area contributed by atoms with Gasteiger partial charge in [-0.3, -0.25) is 9.69 Å².